The van der Waals surface area contributed by atoms with Gasteiger partial charge in [-0.3, -0.25) is 20.0 Å². The van der Waals surface area contributed by atoms with Crippen molar-refractivity contribution in [3.8, 4) is 28.6 Å². The summed E-state index contributed by atoms with van der Waals surface area (Å²) in [5.41, 5.74) is 5.56. The van der Waals surface area contributed by atoms with Crippen LogP contribution in [0.5, 0.6) is 0 Å². The SMILES string of the molecule is CC(=O)Nc1cccc(-c2cccc(-c3nc(NC(=O)[C@@]4(C)CC5(C#N)c6ccccc6C4c4ccccc45)n[nH]3)c2)c1. The lowest BCUT2D eigenvalue weighted by molar-refractivity contribution is -0.127. The second kappa shape index (κ2) is 9.78. The number of rotatable bonds is 5. The van der Waals surface area contributed by atoms with E-state index in [0.29, 0.717) is 17.9 Å². The number of nitrogens with one attached hydrogen (secondary N) is 3. The Bertz CT molecular complexity index is 1920. The van der Waals surface area contributed by atoms with E-state index in [1.807, 2.05) is 104 Å². The third-order valence-electron chi connectivity index (χ3n) is 8.81. The van der Waals surface area contributed by atoms with Crippen LogP contribution in [-0.2, 0) is 15.0 Å². The zero-order valence-corrected chi connectivity index (χ0v) is 23.7. The lowest BCUT2D eigenvalue weighted by atomic mass is 9.47. The van der Waals surface area contributed by atoms with Gasteiger partial charge in [0.25, 0.3) is 0 Å². The van der Waals surface area contributed by atoms with E-state index in [0.717, 1.165) is 38.9 Å². The van der Waals surface area contributed by atoms with E-state index >= 15 is 0 Å². The molecule has 0 radical (unpaired) electrons. The zero-order valence-electron chi connectivity index (χ0n) is 23.7. The van der Waals surface area contributed by atoms with Crippen molar-refractivity contribution < 1.29 is 9.59 Å². The number of aromatic nitrogens is 3. The van der Waals surface area contributed by atoms with Gasteiger partial charge in [-0.2, -0.15) is 10.2 Å². The Balaban J connectivity index is 1.19. The molecule has 0 aliphatic heterocycles. The van der Waals surface area contributed by atoms with Crippen LogP contribution in [0.15, 0.2) is 97.1 Å². The van der Waals surface area contributed by atoms with E-state index in [1.165, 1.54) is 6.92 Å². The van der Waals surface area contributed by atoms with E-state index in [-0.39, 0.29) is 23.7 Å². The molecule has 1 atom stereocenters. The van der Waals surface area contributed by atoms with Gasteiger partial charge in [0.05, 0.1) is 11.5 Å². The monoisotopic (exact) mass is 564 g/mol. The Morgan fingerprint density at radius 1 is 0.860 bits per heavy atom. The molecule has 5 aromatic rings. The van der Waals surface area contributed by atoms with Gasteiger partial charge in [0, 0.05) is 24.1 Å². The van der Waals surface area contributed by atoms with Crippen LogP contribution in [0, 0.1) is 16.7 Å². The van der Waals surface area contributed by atoms with E-state index in [9.17, 15) is 14.9 Å². The van der Waals surface area contributed by atoms with Crippen molar-refractivity contribution in [2.24, 2.45) is 5.41 Å². The highest BCUT2D eigenvalue weighted by molar-refractivity contribution is 5.96. The number of nitrogens with zero attached hydrogens (tertiary/aromatic N) is 3. The lowest BCUT2D eigenvalue weighted by Crippen LogP contribution is -2.53. The van der Waals surface area contributed by atoms with Crippen molar-refractivity contribution in [2.45, 2.75) is 31.6 Å². The number of aromatic amines is 1. The third-order valence-corrected chi connectivity index (χ3v) is 8.81. The molecule has 8 nitrogen and oxygen atoms in total. The van der Waals surface area contributed by atoms with E-state index < -0.39 is 10.8 Å². The van der Waals surface area contributed by atoms with Crippen LogP contribution in [0.4, 0.5) is 11.6 Å². The molecule has 0 saturated carbocycles. The molecule has 1 heterocycles. The van der Waals surface area contributed by atoms with Gasteiger partial charge in [-0.25, -0.2) is 0 Å². The van der Waals surface area contributed by atoms with Gasteiger partial charge in [0.1, 0.15) is 5.41 Å². The van der Waals surface area contributed by atoms with Crippen molar-refractivity contribution in [3.05, 3.63) is 119 Å². The number of hydrogen-bond donors (Lipinski definition) is 3. The lowest BCUT2D eigenvalue weighted by Gasteiger charge is -2.54. The summed E-state index contributed by atoms with van der Waals surface area (Å²) in [6, 6.07) is 34.0. The van der Waals surface area contributed by atoms with Crippen LogP contribution >= 0.6 is 0 Å². The molecule has 8 heteroatoms. The van der Waals surface area contributed by atoms with Crippen molar-refractivity contribution in [1.82, 2.24) is 15.2 Å². The highest BCUT2D eigenvalue weighted by atomic mass is 16.2. The minimum absolute atomic E-state index is 0.131. The van der Waals surface area contributed by atoms with Crippen LogP contribution in [0.2, 0.25) is 0 Å². The molecule has 3 N–H and O–H groups in total. The number of carbonyl (C=O) groups is 2. The quantitative estimate of drug-likeness (QED) is 0.228. The molecule has 8 rings (SSSR count). The summed E-state index contributed by atoms with van der Waals surface area (Å²) in [4.78, 5) is 30.2. The van der Waals surface area contributed by atoms with Crippen LogP contribution in [0.25, 0.3) is 22.5 Å². The minimum Gasteiger partial charge on any atom is -0.326 e. The molecule has 0 fully saturated rings. The predicted octanol–water partition coefficient (Wildman–Crippen LogP) is 6.40. The maximum Gasteiger partial charge on any atom is 0.249 e. The summed E-state index contributed by atoms with van der Waals surface area (Å²) < 4.78 is 0. The molecular weight excluding hydrogens is 536 g/mol. The number of benzene rings is 4. The first-order valence-corrected chi connectivity index (χ1v) is 14.1. The fourth-order valence-corrected chi connectivity index (χ4v) is 7.01. The standard InChI is InChI=1S/C35H28N6O2/c1-21(42)37-25-12-8-10-23(18-25)22-9-7-11-24(17-22)31-38-33(41-40-31)39-32(43)34(2)19-35(20-36)28-15-5-3-13-26(28)30(34)27-14-4-6-16-29(27)35/h3-18,30H,19H2,1-2H3,(H,37,42)(H2,38,39,40,41,43)/t30?,34-,35?/m0/s1. The van der Waals surface area contributed by atoms with Gasteiger partial charge in [-0.05, 0) is 64.9 Å². The highest BCUT2D eigenvalue weighted by Crippen LogP contribution is 2.63. The first kappa shape index (κ1) is 26.4. The molecule has 0 unspecified atom stereocenters. The number of H-pyrrole nitrogens is 1. The molecule has 3 aliphatic carbocycles. The molecule has 2 bridgehead atoms. The fourth-order valence-electron chi connectivity index (χ4n) is 7.01. The first-order chi connectivity index (χ1) is 20.8. The third kappa shape index (κ3) is 4.12. The highest BCUT2D eigenvalue weighted by Gasteiger charge is 2.61. The second-order valence-corrected chi connectivity index (χ2v) is 11.5. The van der Waals surface area contributed by atoms with Gasteiger partial charge in [-0.1, -0.05) is 78.9 Å². The average Bonchev–Trinajstić information content (AvgIpc) is 3.49. The Hall–Kier alpha value is -5.55. The molecule has 210 valence electrons. The number of amides is 2. The fraction of sp³-hybridized carbons (Fsp3) is 0.171. The van der Waals surface area contributed by atoms with E-state index in [1.54, 1.807) is 0 Å². The molecule has 3 aliphatic rings. The second-order valence-electron chi connectivity index (χ2n) is 11.5. The van der Waals surface area contributed by atoms with Crippen molar-refractivity contribution in [1.29, 1.82) is 5.26 Å². The van der Waals surface area contributed by atoms with Crippen LogP contribution in [0.1, 0.15) is 48.4 Å². The van der Waals surface area contributed by atoms with Crippen molar-refractivity contribution in [3.63, 3.8) is 0 Å². The average molecular weight is 565 g/mol. The maximum absolute atomic E-state index is 14.1. The minimum atomic E-state index is -0.921. The smallest absolute Gasteiger partial charge is 0.249 e. The van der Waals surface area contributed by atoms with Crippen molar-refractivity contribution >= 4 is 23.5 Å². The summed E-state index contributed by atoms with van der Waals surface area (Å²) in [7, 11) is 0. The Morgan fingerprint density at radius 2 is 1.49 bits per heavy atom. The summed E-state index contributed by atoms with van der Waals surface area (Å²) in [5.74, 6) is 0.116. The van der Waals surface area contributed by atoms with Gasteiger partial charge < -0.3 is 5.32 Å². The maximum atomic E-state index is 14.1. The Kier molecular flexibility index (Phi) is 5.99. The number of fused-ring (bicyclic) bond motifs is 1. The summed E-state index contributed by atoms with van der Waals surface area (Å²) in [6.07, 6.45) is 0.359. The van der Waals surface area contributed by atoms with E-state index in [2.05, 4.69) is 31.9 Å². The normalized spacial score (nSPS) is 21.3. The molecule has 4 aromatic carbocycles. The Labute approximate surface area is 248 Å². The van der Waals surface area contributed by atoms with Gasteiger partial charge in [0.2, 0.25) is 17.8 Å². The molecule has 1 aromatic heterocycles. The zero-order chi connectivity index (χ0) is 29.8. The summed E-state index contributed by atoms with van der Waals surface area (Å²) in [6.45, 7) is 3.42. The molecule has 2 amide bonds. The number of hydrogen-bond acceptors (Lipinski definition) is 5. The molecule has 0 saturated heterocycles. The number of anilines is 2. The van der Waals surface area contributed by atoms with Crippen LogP contribution in [-0.4, -0.2) is 27.0 Å². The summed E-state index contributed by atoms with van der Waals surface area (Å²) in [5, 5.41) is 23.7. The van der Waals surface area contributed by atoms with Crippen LogP contribution < -0.4 is 10.6 Å². The molecule has 43 heavy (non-hydrogen) atoms. The van der Waals surface area contributed by atoms with Crippen molar-refractivity contribution in [2.75, 3.05) is 10.6 Å². The summed E-state index contributed by atoms with van der Waals surface area (Å²) >= 11 is 0. The van der Waals surface area contributed by atoms with Gasteiger partial charge in [0.15, 0.2) is 5.82 Å². The molecular formula is C35H28N6O2. The van der Waals surface area contributed by atoms with Crippen LogP contribution in [0.3, 0.4) is 0 Å². The number of nitriles is 1. The first-order valence-electron chi connectivity index (χ1n) is 14.1. The predicted molar refractivity (Wildman–Crippen MR) is 164 cm³/mol. The molecule has 0 spiro atoms. The number of carbonyl (C=O) groups excluding carboxylic acids is 2. The van der Waals surface area contributed by atoms with Gasteiger partial charge in [-0.15, -0.1) is 5.10 Å². The van der Waals surface area contributed by atoms with Gasteiger partial charge >= 0.3 is 0 Å². The largest absolute Gasteiger partial charge is 0.326 e. The Morgan fingerprint density at radius 3 is 2.16 bits per heavy atom. The van der Waals surface area contributed by atoms with E-state index in [4.69, 9.17) is 0 Å². The topological polar surface area (TPSA) is 124 Å².